The van der Waals surface area contributed by atoms with Crippen LogP contribution in [0.2, 0.25) is 0 Å². The van der Waals surface area contributed by atoms with Gasteiger partial charge >= 0.3 is 0 Å². The van der Waals surface area contributed by atoms with E-state index in [0.29, 0.717) is 5.56 Å². The zero-order valence-electron chi connectivity index (χ0n) is 22.6. The molecule has 1 heteroatoms. The van der Waals surface area contributed by atoms with Gasteiger partial charge in [-0.15, -0.1) is 0 Å². The van der Waals surface area contributed by atoms with Gasteiger partial charge in [-0.1, -0.05) is 96.9 Å². The maximum atomic E-state index is 8.58. The van der Waals surface area contributed by atoms with Gasteiger partial charge in [-0.05, 0) is 59.0 Å². The summed E-state index contributed by atoms with van der Waals surface area (Å²) in [6, 6.07) is 29.2. The second-order valence-corrected chi connectivity index (χ2v) is 7.87. The largest absolute Gasteiger partial charge is 0.309 e. The summed E-state index contributed by atoms with van der Waals surface area (Å²) in [6.07, 6.45) is 0. The van der Waals surface area contributed by atoms with Crippen LogP contribution in [0.3, 0.4) is 0 Å². The summed E-state index contributed by atoms with van der Waals surface area (Å²) < 4.78 is 43.8. The van der Waals surface area contributed by atoms with Crippen LogP contribution < -0.4 is 0 Å². The number of hydrogen-bond acceptors (Lipinski definition) is 0. The van der Waals surface area contributed by atoms with Crippen molar-refractivity contribution in [2.24, 2.45) is 0 Å². The molecule has 1 nitrogen and oxygen atoms in total. The predicted molar refractivity (Wildman–Crippen MR) is 136 cm³/mol. The second kappa shape index (κ2) is 7.55. The molecule has 0 aliphatic carbocycles. The van der Waals surface area contributed by atoms with Crippen molar-refractivity contribution in [3.8, 4) is 27.9 Å². The monoisotopic (exact) mass is 414 g/mol. The van der Waals surface area contributed by atoms with Crippen molar-refractivity contribution in [1.82, 2.24) is 4.57 Å². The minimum absolute atomic E-state index is 0.191. The average Bonchev–Trinajstić information content (AvgIpc) is 3.28. The number of aryl methyl sites for hydroxylation is 1. The van der Waals surface area contributed by atoms with Gasteiger partial charge < -0.3 is 4.57 Å². The van der Waals surface area contributed by atoms with Gasteiger partial charge in [0, 0.05) is 16.5 Å². The van der Waals surface area contributed by atoms with Crippen LogP contribution in [0.1, 0.15) is 12.4 Å². The Hall–Kier alpha value is -4.10. The summed E-state index contributed by atoms with van der Waals surface area (Å²) in [5, 5.41) is 2.07. The Labute approximate surface area is 195 Å². The van der Waals surface area contributed by atoms with E-state index in [9.17, 15) is 0 Å². The zero-order valence-corrected chi connectivity index (χ0v) is 17.6. The molecule has 0 saturated heterocycles. The highest BCUT2D eigenvalue weighted by atomic mass is 15.0. The molecule has 5 aromatic carbocycles. The molecule has 0 radical (unpaired) electrons. The van der Waals surface area contributed by atoms with E-state index < -0.39 is 0 Å². The molecule has 0 bridgehead atoms. The van der Waals surface area contributed by atoms with Gasteiger partial charge in [0.25, 0.3) is 0 Å². The van der Waals surface area contributed by atoms with Crippen molar-refractivity contribution in [3.05, 3.63) is 127 Å². The van der Waals surface area contributed by atoms with Crippen molar-refractivity contribution in [3.63, 3.8) is 0 Å². The molecule has 0 spiro atoms. The summed E-state index contributed by atoms with van der Waals surface area (Å²) in [5.74, 6) is 0. The van der Waals surface area contributed by atoms with Gasteiger partial charge in [-0.25, -0.2) is 0 Å². The summed E-state index contributed by atoms with van der Waals surface area (Å²) in [6.45, 7) is 1.98. The van der Waals surface area contributed by atoms with E-state index in [1.807, 2.05) is 55.5 Å². The Balaban J connectivity index is 1.80. The maximum absolute atomic E-state index is 8.58. The van der Waals surface area contributed by atoms with Gasteiger partial charge in [0.05, 0.1) is 17.9 Å². The van der Waals surface area contributed by atoms with E-state index in [4.69, 9.17) is 6.85 Å². The maximum Gasteiger partial charge on any atom is 0.0629 e. The lowest BCUT2D eigenvalue weighted by molar-refractivity contribution is 1.18. The first-order chi connectivity index (χ1) is 17.9. The van der Waals surface area contributed by atoms with E-state index >= 15 is 0 Å². The van der Waals surface area contributed by atoms with Crippen LogP contribution in [0, 0.1) is 6.92 Å². The molecule has 1 heterocycles. The van der Waals surface area contributed by atoms with E-state index in [-0.39, 0.29) is 35.8 Å². The molecule has 6 aromatic rings. The Morgan fingerprint density at radius 3 is 2.00 bits per heavy atom. The number of benzene rings is 5. The third-order valence-corrected chi connectivity index (χ3v) is 6.09. The standard InChI is InChI=1S/C31H23N/c1-22-26(23-12-5-2-6-13-23)20-21-29-30(22)31-27(24-14-7-3-8-15-24)18-11-19-28(31)32(29)25-16-9-4-10-17-25/h2-21H,1H3/i2D,5D,6D,12D,13D. The van der Waals surface area contributed by atoms with Gasteiger partial charge in [-0.2, -0.15) is 0 Å². The second-order valence-electron chi connectivity index (χ2n) is 7.87. The molecule has 0 unspecified atom stereocenters. The van der Waals surface area contributed by atoms with Crippen LogP contribution in [0.5, 0.6) is 0 Å². The topological polar surface area (TPSA) is 4.93 Å². The number of para-hydroxylation sites is 1. The molecule has 0 fully saturated rings. The predicted octanol–water partition coefficient (Wildman–Crippen LogP) is 8.43. The first kappa shape index (κ1) is 14.1. The third kappa shape index (κ3) is 2.86. The number of aromatic nitrogens is 1. The smallest absolute Gasteiger partial charge is 0.0629 e. The quantitative estimate of drug-likeness (QED) is 0.274. The minimum Gasteiger partial charge on any atom is -0.309 e. The van der Waals surface area contributed by atoms with Crippen LogP contribution in [-0.2, 0) is 0 Å². The molecule has 32 heavy (non-hydrogen) atoms. The lowest BCUT2D eigenvalue weighted by Gasteiger charge is -2.10. The first-order valence-electron chi connectivity index (χ1n) is 13.1. The molecule has 0 amide bonds. The van der Waals surface area contributed by atoms with Crippen molar-refractivity contribution in [1.29, 1.82) is 0 Å². The minimum atomic E-state index is -0.385. The molecule has 1 aromatic heterocycles. The van der Waals surface area contributed by atoms with E-state index in [2.05, 4.69) is 47.0 Å². The molecule has 6 rings (SSSR count). The molecule has 0 aliphatic rings. The number of fused-ring (bicyclic) bond motifs is 3. The average molecular weight is 415 g/mol. The normalized spacial score (nSPS) is 13.5. The highest BCUT2D eigenvalue weighted by Crippen LogP contribution is 2.42. The summed E-state index contributed by atoms with van der Waals surface area (Å²) in [4.78, 5) is 0. The Kier molecular flexibility index (Phi) is 3.31. The molecule has 0 saturated carbocycles. The fraction of sp³-hybridized carbons (Fsp3) is 0.0323. The molecule has 0 aliphatic heterocycles. The Morgan fingerprint density at radius 2 is 1.25 bits per heavy atom. The van der Waals surface area contributed by atoms with E-state index in [1.54, 1.807) is 0 Å². The highest BCUT2D eigenvalue weighted by molar-refractivity contribution is 6.18. The molecule has 0 atom stereocenters. The Morgan fingerprint density at radius 1 is 0.562 bits per heavy atom. The van der Waals surface area contributed by atoms with Gasteiger partial charge in [0.2, 0.25) is 0 Å². The Bertz CT molecular complexity index is 1790. The first-order valence-corrected chi connectivity index (χ1v) is 10.6. The molecule has 0 N–H and O–H groups in total. The van der Waals surface area contributed by atoms with Crippen molar-refractivity contribution in [2.45, 2.75) is 6.92 Å². The molecular weight excluding hydrogens is 386 g/mol. The van der Waals surface area contributed by atoms with Crippen molar-refractivity contribution < 1.29 is 6.85 Å². The summed E-state index contributed by atoms with van der Waals surface area (Å²) >= 11 is 0. The van der Waals surface area contributed by atoms with Gasteiger partial charge in [0.1, 0.15) is 0 Å². The lowest BCUT2D eigenvalue weighted by Crippen LogP contribution is -1.93. The SMILES string of the molecule is [2H]c1c([2H])c([2H])c(-c2ccc3c(c2C)c2c(-c4ccccc4)cccc2n3-c2ccccc2)c([2H])c1[2H]. The lowest BCUT2D eigenvalue weighted by atomic mass is 9.93. The van der Waals surface area contributed by atoms with E-state index in [1.165, 1.54) is 0 Å². The van der Waals surface area contributed by atoms with Crippen LogP contribution in [0.25, 0.3) is 49.7 Å². The fourth-order valence-electron chi connectivity index (χ4n) is 4.69. The number of nitrogens with zero attached hydrogens (tertiary/aromatic N) is 1. The fourth-order valence-corrected chi connectivity index (χ4v) is 4.69. The van der Waals surface area contributed by atoms with E-state index in [0.717, 1.165) is 44.2 Å². The molecule has 152 valence electrons. The summed E-state index contributed by atoms with van der Waals surface area (Å²) in [5.41, 5.74) is 6.98. The zero-order chi connectivity index (χ0) is 25.8. The van der Waals surface area contributed by atoms with Crippen LogP contribution in [-0.4, -0.2) is 4.57 Å². The highest BCUT2D eigenvalue weighted by Gasteiger charge is 2.19. The van der Waals surface area contributed by atoms with Crippen LogP contribution in [0.4, 0.5) is 0 Å². The summed E-state index contributed by atoms with van der Waals surface area (Å²) in [7, 11) is 0. The van der Waals surface area contributed by atoms with Crippen molar-refractivity contribution in [2.75, 3.05) is 0 Å². The van der Waals surface area contributed by atoms with Crippen molar-refractivity contribution >= 4 is 21.8 Å². The van der Waals surface area contributed by atoms with Gasteiger partial charge in [-0.3, -0.25) is 0 Å². The van der Waals surface area contributed by atoms with Crippen LogP contribution in [0.15, 0.2) is 121 Å². The molecular formula is C31H23N. The number of hydrogen-bond donors (Lipinski definition) is 0. The third-order valence-electron chi connectivity index (χ3n) is 6.09. The van der Waals surface area contributed by atoms with Gasteiger partial charge in [0.15, 0.2) is 0 Å². The van der Waals surface area contributed by atoms with Crippen LogP contribution >= 0.6 is 0 Å². The number of rotatable bonds is 3.